The van der Waals surface area contributed by atoms with Crippen LogP contribution in [0.15, 0.2) is 4.99 Å². The number of aliphatic imine (C=N–C) groups is 1. The lowest BCUT2D eigenvalue weighted by Gasteiger charge is -2.14. The van der Waals surface area contributed by atoms with Crippen molar-refractivity contribution in [3.63, 3.8) is 0 Å². The number of guanidine groups is 1. The van der Waals surface area contributed by atoms with E-state index >= 15 is 0 Å². The Labute approximate surface area is 86.3 Å². The maximum Gasteiger partial charge on any atom is 0.328 e. The summed E-state index contributed by atoms with van der Waals surface area (Å²) in [5, 5.41) is 17.9. The third kappa shape index (κ3) is 4.79. The van der Waals surface area contributed by atoms with Gasteiger partial charge in [-0.2, -0.15) is 0 Å². The van der Waals surface area contributed by atoms with Gasteiger partial charge in [-0.25, -0.2) is 19.9 Å². The number of carbonyl (C=O) groups is 1. The first kappa shape index (κ1) is 13.1. The van der Waals surface area contributed by atoms with E-state index in [-0.39, 0.29) is 5.92 Å². The predicted molar refractivity (Wildman–Crippen MR) is 52.6 cm³/mol. The molecule has 0 radical (unpaired) electrons. The molecule has 0 unspecified atom stereocenters. The summed E-state index contributed by atoms with van der Waals surface area (Å²) in [5.41, 5.74) is 6.73. The van der Waals surface area contributed by atoms with E-state index in [4.69, 9.17) is 10.8 Å². The van der Waals surface area contributed by atoms with E-state index in [1.165, 1.54) is 0 Å². The third-order valence-electron chi connectivity index (χ3n) is 1.92. The molecule has 0 aromatic rings. The Bertz CT molecular complexity index is 278. The van der Waals surface area contributed by atoms with Gasteiger partial charge < -0.3 is 10.8 Å². The normalized spacial score (nSPS) is 15.5. The molecule has 8 nitrogen and oxygen atoms in total. The summed E-state index contributed by atoms with van der Waals surface area (Å²) < 4.78 is 0. The molecule has 86 valence electrons. The second-order valence-corrected chi connectivity index (χ2v) is 3.05. The minimum absolute atomic E-state index is 0.241. The zero-order chi connectivity index (χ0) is 12.0. The maximum absolute atomic E-state index is 10.8. The van der Waals surface area contributed by atoms with Gasteiger partial charge in [0.2, 0.25) is 0 Å². The molecule has 0 spiro atoms. The number of aliphatic carboxylic acids is 1. The van der Waals surface area contributed by atoms with Crippen molar-refractivity contribution in [3.05, 3.63) is 10.1 Å². The average Bonchev–Trinajstić information content (AvgIpc) is 2.11. The lowest BCUT2D eigenvalue weighted by atomic mass is 10.0. The van der Waals surface area contributed by atoms with E-state index in [9.17, 15) is 14.9 Å². The van der Waals surface area contributed by atoms with Crippen molar-refractivity contribution in [2.75, 3.05) is 0 Å². The minimum atomic E-state index is -1.16. The first-order valence-corrected chi connectivity index (χ1v) is 4.35. The van der Waals surface area contributed by atoms with Crippen LogP contribution in [0, 0.1) is 16.0 Å². The van der Waals surface area contributed by atoms with Crippen molar-refractivity contribution in [2.24, 2.45) is 16.6 Å². The lowest BCUT2D eigenvalue weighted by Crippen LogP contribution is -2.39. The van der Waals surface area contributed by atoms with Gasteiger partial charge >= 0.3 is 5.97 Å². The number of nitro groups is 1. The summed E-state index contributed by atoms with van der Waals surface area (Å²) in [6.07, 6.45) is 0.589. The molecular formula is C7H14N4O4. The molecule has 0 aromatic carbocycles. The molecule has 0 amide bonds. The van der Waals surface area contributed by atoms with Crippen LogP contribution >= 0.6 is 0 Å². The smallest absolute Gasteiger partial charge is 0.328 e. The second kappa shape index (κ2) is 5.78. The van der Waals surface area contributed by atoms with E-state index in [2.05, 4.69) is 4.99 Å². The average molecular weight is 218 g/mol. The summed E-state index contributed by atoms with van der Waals surface area (Å²) in [4.78, 5) is 24.3. The number of nitrogens with one attached hydrogen (secondary N) is 1. The number of carboxylic acid groups (broad SMARTS) is 1. The Kier molecular flexibility index (Phi) is 5.07. The second-order valence-electron chi connectivity index (χ2n) is 3.05. The molecule has 0 aliphatic carbocycles. The molecule has 0 rings (SSSR count). The van der Waals surface area contributed by atoms with Crippen LogP contribution in [-0.4, -0.2) is 28.1 Å². The molecular weight excluding hydrogens is 204 g/mol. The van der Waals surface area contributed by atoms with Gasteiger partial charge in [-0.3, -0.25) is 0 Å². The predicted octanol–water partition coefficient (Wildman–Crippen LogP) is -0.418. The highest BCUT2D eigenvalue weighted by Gasteiger charge is 2.23. The van der Waals surface area contributed by atoms with E-state index in [1.54, 1.807) is 19.3 Å². The lowest BCUT2D eigenvalue weighted by molar-refractivity contribution is -0.525. The largest absolute Gasteiger partial charge is 0.480 e. The van der Waals surface area contributed by atoms with Crippen LogP contribution in [-0.2, 0) is 4.79 Å². The van der Waals surface area contributed by atoms with Gasteiger partial charge in [0.1, 0.15) is 0 Å². The van der Waals surface area contributed by atoms with Crippen molar-refractivity contribution in [2.45, 2.75) is 26.3 Å². The Morgan fingerprint density at radius 2 is 2.27 bits per heavy atom. The molecule has 0 fully saturated rings. The third-order valence-corrected chi connectivity index (χ3v) is 1.92. The topological polar surface area (TPSA) is 131 Å². The van der Waals surface area contributed by atoms with Gasteiger partial charge in [0, 0.05) is 0 Å². The Morgan fingerprint density at radius 3 is 2.60 bits per heavy atom. The monoisotopic (exact) mass is 218 g/mol. The fourth-order valence-electron chi connectivity index (χ4n) is 0.921. The number of hydrazine groups is 1. The molecule has 0 saturated heterocycles. The standard InChI is InChI=1S/C7H14N4O4/c1-3-4(2)5(6(12)13)9-7(8)10-11(14)15/h4-5H,3H2,1-2H3,(H,12,13)(H3,8,9,10)/t4-,5-/m0/s1. The zero-order valence-corrected chi connectivity index (χ0v) is 8.51. The van der Waals surface area contributed by atoms with E-state index in [1.807, 2.05) is 0 Å². The van der Waals surface area contributed by atoms with Crippen LogP contribution < -0.4 is 11.2 Å². The number of nitrogens with two attached hydrogens (primary N) is 1. The molecule has 0 bridgehead atoms. The molecule has 0 aliphatic heterocycles. The SMILES string of the molecule is CC[C@H](C)[C@H](N=C(N)N[N+](=O)[O-])C(=O)O. The number of hydrogen-bond donors (Lipinski definition) is 3. The summed E-state index contributed by atoms with van der Waals surface area (Å²) in [5.74, 6) is -1.90. The molecule has 2 atom stereocenters. The van der Waals surface area contributed by atoms with Crippen molar-refractivity contribution in [1.82, 2.24) is 5.43 Å². The quantitative estimate of drug-likeness (QED) is 0.248. The highest BCUT2D eigenvalue weighted by molar-refractivity contribution is 5.82. The van der Waals surface area contributed by atoms with Crippen LogP contribution in [0.3, 0.4) is 0 Å². The Hall–Kier alpha value is -1.86. The molecule has 0 aromatic heterocycles. The fourth-order valence-corrected chi connectivity index (χ4v) is 0.921. The van der Waals surface area contributed by atoms with Gasteiger partial charge in [0.05, 0.1) is 0 Å². The van der Waals surface area contributed by atoms with Crippen LogP contribution in [0.2, 0.25) is 0 Å². The molecule has 0 saturated carbocycles. The Balaban J connectivity index is 4.65. The van der Waals surface area contributed by atoms with Crippen LogP contribution in [0.4, 0.5) is 0 Å². The number of carboxylic acids is 1. The fraction of sp³-hybridized carbons (Fsp3) is 0.714. The van der Waals surface area contributed by atoms with Crippen LogP contribution in [0.1, 0.15) is 20.3 Å². The summed E-state index contributed by atoms with van der Waals surface area (Å²) in [6.45, 7) is 3.48. The minimum Gasteiger partial charge on any atom is -0.480 e. The van der Waals surface area contributed by atoms with Gasteiger partial charge in [-0.1, -0.05) is 25.7 Å². The number of hydrogen-bond acceptors (Lipinski definition) is 4. The van der Waals surface area contributed by atoms with Gasteiger partial charge in [0.15, 0.2) is 11.1 Å². The molecule has 15 heavy (non-hydrogen) atoms. The molecule has 0 heterocycles. The maximum atomic E-state index is 10.8. The number of nitrogens with zero attached hydrogens (tertiary/aromatic N) is 2. The van der Waals surface area contributed by atoms with Crippen molar-refractivity contribution in [3.8, 4) is 0 Å². The van der Waals surface area contributed by atoms with Gasteiger partial charge in [-0.15, -0.1) is 0 Å². The Morgan fingerprint density at radius 1 is 1.73 bits per heavy atom. The van der Waals surface area contributed by atoms with Gasteiger partial charge in [0.25, 0.3) is 5.96 Å². The first-order valence-electron chi connectivity index (χ1n) is 4.35. The van der Waals surface area contributed by atoms with Crippen molar-refractivity contribution < 1.29 is 14.9 Å². The van der Waals surface area contributed by atoms with Gasteiger partial charge in [-0.05, 0) is 5.92 Å². The summed E-state index contributed by atoms with van der Waals surface area (Å²) >= 11 is 0. The highest BCUT2D eigenvalue weighted by Crippen LogP contribution is 2.11. The van der Waals surface area contributed by atoms with Crippen molar-refractivity contribution in [1.29, 1.82) is 0 Å². The highest BCUT2D eigenvalue weighted by atomic mass is 16.7. The zero-order valence-electron chi connectivity index (χ0n) is 8.51. The van der Waals surface area contributed by atoms with Crippen molar-refractivity contribution >= 4 is 11.9 Å². The molecule has 8 heteroatoms. The van der Waals surface area contributed by atoms with E-state index in [0.29, 0.717) is 6.42 Å². The van der Waals surface area contributed by atoms with E-state index < -0.39 is 23.0 Å². The summed E-state index contributed by atoms with van der Waals surface area (Å²) in [6, 6.07) is -1.07. The number of rotatable bonds is 5. The first-order chi connectivity index (χ1) is 6.88. The van der Waals surface area contributed by atoms with Crippen LogP contribution in [0.25, 0.3) is 0 Å². The molecule has 4 N–H and O–H groups in total. The molecule has 0 aliphatic rings. The van der Waals surface area contributed by atoms with E-state index in [0.717, 1.165) is 0 Å². The van der Waals surface area contributed by atoms with Crippen LogP contribution in [0.5, 0.6) is 0 Å². The summed E-state index contributed by atoms with van der Waals surface area (Å²) in [7, 11) is 0.